The minimum Gasteiger partial charge on any atom is -0.477 e. The molecule has 2 aliphatic carbocycles. The van der Waals surface area contributed by atoms with Gasteiger partial charge < -0.3 is 14.7 Å². The molecule has 0 unspecified atom stereocenters. The number of amides is 1. The van der Waals surface area contributed by atoms with Gasteiger partial charge in [-0.05, 0) is 68.8 Å². The molecule has 7 nitrogen and oxygen atoms in total. The van der Waals surface area contributed by atoms with Crippen molar-refractivity contribution in [2.45, 2.75) is 96.6 Å². The molecule has 9 heteroatoms. The highest BCUT2D eigenvalue weighted by atomic mass is 35.5. The number of halogens is 1. The van der Waals surface area contributed by atoms with Crippen molar-refractivity contribution in [2.75, 3.05) is 4.90 Å². The zero-order valence-corrected chi connectivity index (χ0v) is 23.1. The summed E-state index contributed by atoms with van der Waals surface area (Å²) >= 11 is 7.12. The molecule has 1 amide bonds. The molecular formula is C27H36ClN3O4S. The van der Waals surface area contributed by atoms with E-state index in [1.807, 2.05) is 11.0 Å². The third-order valence-corrected chi connectivity index (χ3v) is 9.13. The van der Waals surface area contributed by atoms with Crippen molar-refractivity contribution in [1.29, 1.82) is 0 Å². The maximum Gasteiger partial charge on any atom is 0.348 e. The van der Waals surface area contributed by atoms with E-state index < -0.39 is 5.97 Å². The first-order valence-electron chi connectivity index (χ1n) is 12.9. The van der Waals surface area contributed by atoms with Crippen LogP contribution in [0.4, 0.5) is 5.69 Å². The second-order valence-electron chi connectivity index (χ2n) is 11.3. The summed E-state index contributed by atoms with van der Waals surface area (Å²) in [4.78, 5) is 37.6. The molecule has 0 bridgehead atoms. The van der Waals surface area contributed by atoms with Crippen LogP contribution in [0.3, 0.4) is 0 Å². The van der Waals surface area contributed by atoms with Crippen molar-refractivity contribution in [2.24, 2.45) is 11.8 Å². The summed E-state index contributed by atoms with van der Waals surface area (Å²) in [7, 11) is 0. The Morgan fingerprint density at radius 3 is 2.28 bits per heavy atom. The minimum absolute atomic E-state index is 0.0317. The van der Waals surface area contributed by atoms with Gasteiger partial charge in [0, 0.05) is 16.8 Å². The van der Waals surface area contributed by atoms with E-state index in [0.717, 1.165) is 56.2 Å². The van der Waals surface area contributed by atoms with Gasteiger partial charge in [-0.15, -0.1) is 11.3 Å². The molecule has 0 radical (unpaired) electrons. The number of carboxylic acid groups (broad SMARTS) is 1. The zero-order chi connectivity index (χ0) is 26.0. The molecule has 2 aromatic rings. The predicted octanol–water partition coefficient (Wildman–Crippen LogP) is 6.74. The Hall–Kier alpha value is -2.19. The topological polar surface area (TPSA) is 92.6 Å². The number of anilines is 1. The lowest BCUT2D eigenvalue weighted by Gasteiger charge is -2.39. The molecule has 36 heavy (non-hydrogen) atoms. The fourth-order valence-electron chi connectivity index (χ4n) is 5.24. The third-order valence-electron chi connectivity index (χ3n) is 7.40. The van der Waals surface area contributed by atoms with Gasteiger partial charge in [-0.1, -0.05) is 39.3 Å². The molecule has 0 aliphatic heterocycles. The van der Waals surface area contributed by atoms with E-state index >= 15 is 0 Å². The van der Waals surface area contributed by atoms with E-state index in [0.29, 0.717) is 22.6 Å². The number of thiophene rings is 1. The summed E-state index contributed by atoms with van der Waals surface area (Å²) < 4.78 is 6.02. The molecule has 2 fully saturated rings. The lowest BCUT2D eigenvalue weighted by molar-refractivity contribution is -0.124. The van der Waals surface area contributed by atoms with Crippen molar-refractivity contribution in [3.8, 4) is 5.88 Å². The number of aromatic carboxylic acids is 1. The summed E-state index contributed by atoms with van der Waals surface area (Å²) in [5.74, 6) is 0.121. The average Bonchev–Trinajstić information content (AvgIpc) is 3.28. The number of hydrogen-bond donors (Lipinski definition) is 1. The van der Waals surface area contributed by atoms with Crippen LogP contribution < -0.4 is 9.64 Å². The zero-order valence-electron chi connectivity index (χ0n) is 21.5. The van der Waals surface area contributed by atoms with Gasteiger partial charge in [0.15, 0.2) is 0 Å². The van der Waals surface area contributed by atoms with Crippen LogP contribution in [-0.4, -0.2) is 39.1 Å². The molecule has 4 rings (SSSR count). The maximum atomic E-state index is 14.0. The normalized spacial score (nSPS) is 24.8. The second-order valence-corrected chi connectivity index (χ2v) is 12.7. The van der Waals surface area contributed by atoms with Crippen LogP contribution in [0.2, 0.25) is 5.15 Å². The van der Waals surface area contributed by atoms with Crippen LogP contribution in [0.25, 0.3) is 0 Å². The first-order valence-corrected chi connectivity index (χ1v) is 14.1. The Morgan fingerprint density at radius 2 is 1.72 bits per heavy atom. The molecule has 2 aromatic heterocycles. The Balaban J connectivity index is 1.59. The van der Waals surface area contributed by atoms with Crippen molar-refractivity contribution in [1.82, 2.24) is 9.97 Å². The van der Waals surface area contributed by atoms with E-state index in [4.69, 9.17) is 16.3 Å². The fourth-order valence-corrected chi connectivity index (χ4v) is 6.38. The van der Waals surface area contributed by atoms with Gasteiger partial charge in [-0.2, -0.15) is 0 Å². The van der Waals surface area contributed by atoms with E-state index in [1.54, 1.807) is 0 Å². The van der Waals surface area contributed by atoms with E-state index in [-0.39, 0.29) is 34.3 Å². The maximum absolute atomic E-state index is 14.0. The van der Waals surface area contributed by atoms with Crippen LogP contribution in [-0.2, 0) is 10.2 Å². The van der Waals surface area contributed by atoms with Gasteiger partial charge in [0.25, 0.3) is 0 Å². The van der Waals surface area contributed by atoms with E-state index in [2.05, 4.69) is 37.7 Å². The smallest absolute Gasteiger partial charge is 0.348 e. The summed E-state index contributed by atoms with van der Waals surface area (Å²) in [5, 5.41) is 10.4. The largest absolute Gasteiger partial charge is 0.477 e. The van der Waals surface area contributed by atoms with Gasteiger partial charge in [0.1, 0.15) is 16.1 Å². The lowest BCUT2D eigenvalue weighted by atomic mass is 9.81. The first-order chi connectivity index (χ1) is 17.0. The molecule has 0 saturated heterocycles. The van der Waals surface area contributed by atoms with Gasteiger partial charge in [-0.25, -0.2) is 14.8 Å². The molecule has 0 atom stereocenters. The number of ether oxygens (including phenoxy) is 1. The molecular weight excluding hydrogens is 498 g/mol. The number of carbonyl (C=O) groups is 2. The van der Waals surface area contributed by atoms with E-state index in [1.165, 1.54) is 23.7 Å². The Morgan fingerprint density at radius 1 is 1.06 bits per heavy atom. The Labute approximate surface area is 222 Å². The third kappa shape index (κ3) is 6.20. The highest BCUT2D eigenvalue weighted by Crippen LogP contribution is 2.42. The number of carbonyl (C=O) groups excluding carboxylic acids is 1. The minimum atomic E-state index is -0.973. The molecule has 2 heterocycles. The summed E-state index contributed by atoms with van der Waals surface area (Å²) in [6, 6.07) is 1.89. The predicted molar refractivity (Wildman–Crippen MR) is 142 cm³/mol. The molecule has 196 valence electrons. The van der Waals surface area contributed by atoms with E-state index in [9.17, 15) is 14.7 Å². The second kappa shape index (κ2) is 11.1. The van der Waals surface area contributed by atoms with Crippen LogP contribution in [0.15, 0.2) is 18.5 Å². The van der Waals surface area contributed by atoms with Crippen molar-refractivity contribution < 1.29 is 19.4 Å². The highest BCUT2D eigenvalue weighted by Gasteiger charge is 2.38. The lowest BCUT2D eigenvalue weighted by Crippen LogP contribution is -2.47. The van der Waals surface area contributed by atoms with Gasteiger partial charge in [0.2, 0.25) is 11.8 Å². The fraction of sp³-hybridized carbons (Fsp3) is 0.630. The number of aromatic nitrogens is 2. The summed E-state index contributed by atoms with van der Waals surface area (Å²) in [5.41, 5.74) is 0.363. The average molecular weight is 534 g/mol. The molecule has 2 aliphatic rings. The monoisotopic (exact) mass is 533 g/mol. The van der Waals surface area contributed by atoms with Gasteiger partial charge in [0.05, 0.1) is 18.1 Å². The van der Waals surface area contributed by atoms with Crippen LogP contribution >= 0.6 is 22.9 Å². The molecule has 2 saturated carbocycles. The van der Waals surface area contributed by atoms with Crippen LogP contribution in [0.1, 0.15) is 93.6 Å². The SMILES string of the molecule is CC(C)(C)c1cc(N(C(=O)[C@H]2CC[C@H](C)CC2)[C@H]2CC[C@H](Oc3cnc(Cl)cn3)CC2)c(C(=O)O)s1. The molecule has 1 N–H and O–H groups in total. The van der Waals surface area contributed by atoms with Crippen molar-refractivity contribution >= 4 is 40.5 Å². The van der Waals surface area contributed by atoms with Crippen molar-refractivity contribution in [3.05, 3.63) is 33.4 Å². The number of nitrogens with zero attached hydrogens (tertiary/aromatic N) is 3. The summed E-state index contributed by atoms with van der Waals surface area (Å²) in [6.07, 6.45) is 9.73. The highest BCUT2D eigenvalue weighted by molar-refractivity contribution is 7.14. The van der Waals surface area contributed by atoms with Crippen LogP contribution in [0.5, 0.6) is 5.88 Å². The Bertz CT molecular complexity index is 1070. The first kappa shape index (κ1) is 26.9. The number of carboxylic acids is 1. The molecule has 0 spiro atoms. The standard InChI is InChI=1S/C27H36ClN3O4S/c1-16-5-7-17(8-6-16)25(32)31(20-13-21(27(2,3)4)36-24(20)26(33)34)18-9-11-19(12-10-18)35-23-15-29-22(28)14-30-23/h13-19H,5-12H2,1-4H3,(H,33,34)/t16-,17-,18-,19-. The Kier molecular flexibility index (Phi) is 8.25. The van der Waals surface area contributed by atoms with Gasteiger partial charge >= 0.3 is 5.97 Å². The molecule has 0 aromatic carbocycles. The number of rotatable bonds is 6. The quantitative estimate of drug-likeness (QED) is 0.442. The van der Waals surface area contributed by atoms with Crippen LogP contribution in [0, 0.1) is 11.8 Å². The van der Waals surface area contributed by atoms with Gasteiger partial charge in [-0.3, -0.25) is 4.79 Å². The van der Waals surface area contributed by atoms with Crippen molar-refractivity contribution in [3.63, 3.8) is 0 Å². The summed E-state index contributed by atoms with van der Waals surface area (Å²) in [6.45, 7) is 8.46. The number of hydrogen-bond acceptors (Lipinski definition) is 6.